The van der Waals surface area contributed by atoms with E-state index in [9.17, 15) is 23.3 Å². The summed E-state index contributed by atoms with van der Waals surface area (Å²) in [6.45, 7) is 1.56. The number of carbonyl (C=O) groups is 1. The third-order valence-electron chi connectivity index (χ3n) is 3.04. The highest BCUT2D eigenvalue weighted by atomic mass is 32.2. The summed E-state index contributed by atoms with van der Waals surface area (Å²) in [5.74, 6) is -0.409. The molecule has 2 rings (SSSR count). The van der Waals surface area contributed by atoms with Crippen LogP contribution in [-0.4, -0.2) is 52.1 Å². The lowest BCUT2D eigenvalue weighted by molar-refractivity contribution is -0.391. The summed E-state index contributed by atoms with van der Waals surface area (Å²) in [5.41, 5.74) is 0. The van der Waals surface area contributed by atoms with Crippen LogP contribution < -0.4 is 4.90 Å². The van der Waals surface area contributed by atoms with E-state index >= 15 is 0 Å². The summed E-state index contributed by atoms with van der Waals surface area (Å²) in [6, 6.07) is -0.740. The molecule has 0 bridgehead atoms. The third-order valence-corrected chi connectivity index (χ3v) is 4.78. The van der Waals surface area contributed by atoms with Crippen molar-refractivity contribution in [1.29, 1.82) is 0 Å². The van der Waals surface area contributed by atoms with Crippen LogP contribution in [0.15, 0.2) is 6.20 Å². The van der Waals surface area contributed by atoms with Crippen molar-refractivity contribution in [3.63, 3.8) is 0 Å². The van der Waals surface area contributed by atoms with E-state index in [0.29, 0.717) is 0 Å². The average Bonchev–Trinajstić information content (AvgIpc) is 2.93. The maximum atomic E-state index is 12.1. The summed E-state index contributed by atoms with van der Waals surface area (Å²) >= 11 is 0. The molecule has 0 radical (unpaired) electrons. The second-order valence-electron chi connectivity index (χ2n) is 4.14. The number of sulfonamides is 1. The van der Waals surface area contributed by atoms with Gasteiger partial charge in [-0.1, -0.05) is 0 Å². The van der Waals surface area contributed by atoms with Crippen molar-refractivity contribution in [2.24, 2.45) is 7.05 Å². The molecule has 2 amide bonds. The first-order valence-electron chi connectivity index (χ1n) is 5.77. The summed E-state index contributed by atoms with van der Waals surface area (Å²) in [7, 11) is -2.25. The molecular formula is C9H13N5O5S. The van der Waals surface area contributed by atoms with Gasteiger partial charge in [-0.3, -0.25) is 0 Å². The molecule has 11 heteroatoms. The Morgan fingerprint density at radius 2 is 2.10 bits per heavy atom. The van der Waals surface area contributed by atoms with Crippen molar-refractivity contribution in [2.45, 2.75) is 6.92 Å². The third kappa shape index (κ3) is 2.09. The Labute approximate surface area is 114 Å². The molecule has 0 N–H and O–H groups in total. The average molecular weight is 303 g/mol. The minimum Gasteiger partial charge on any atom is -0.358 e. The fourth-order valence-electron chi connectivity index (χ4n) is 1.93. The van der Waals surface area contributed by atoms with E-state index in [1.807, 2.05) is 0 Å². The molecule has 1 saturated heterocycles. The monoisotopic (exact) mass is 303 g/mol. The van der Waals surface area contributed by atoms with Crippen molar-refractivity contribution in [3.05, 3.63) is 16.3 Å². The Morgan fingerprint density at radius 1 is 1.45 bits per heavy atom. The molecule has 1 aliphatic rings. The van der Waals surface area contributed by atoms with Crippen LogP contribution in [0.25, 0.3) is 0 Å². The predicted octanol–water partition coefficient (Wildman–Crippen LogP) is -0.0800. The predicted molar refractivity (Wildman–Crippen MR) is 68.8 cm³/mol. The first-order valence-corrected chi connectivity index (χ1v) is 7.38. The van der Waals surface area contributed by atoms with E-state index in [4.69, 9.17) is 0 Å². The number of hydrogen-bond donors (Lipinski definition) is 0. The number of nitrogens with zero attached hydrogens (tertiary/aromatic N) is 5. The summed E-state index contributed by atoms with van der Waals surface area (Å²) < 4.78 is 25.4. The van der Waals surface area contributed by atoms with Crippen LogP contribution in [-0.2, 0) is 17.1 Å². The highest BCUT2D eigenvalue weighted by molar-refractivity contribution is 7.89. The molecule has 0 unspecified atom stereocenters. The minimum absolute atomic E-state index is 0.00959. The van der Waals surface area contributed by atoms with Gasteiger partial charge in [0.2, 0.25) is 10.0 Å². The lowest BCUT2D eigenvalue weighted by Crippen LogP contribution is -2.37. The number of nitro groups is 1. The molecule has 1 fully saturated rings. The molecule has 0 atom stereocenters. The zero-order valence-corrected chi connectivity index (χ0v) is 11.7. The van der Waals surface area contributed by atoms with Crippen molar-refractivity contribution < 1.29 is 18.1 Å². The van der Waals surface area contributed by atoms with Crippen LogP contribution in [0.3, 0.4) is 0 Å². The molecule has 0 aromatic carbocycles. The zero-order chi connectivity index (χ0) is 15.1. The van der Waals surface area contributed by atoms with Crippen molar-refractivity contribution >= 4 is 27.8 Å². The Balaban J connectivity index is 2.33. The number of aromatic nitrogens is 2. The Hall–Kier alpha value is -2.17. The maximum Gasteiger partial charge on any atom is 0.344 e. The van der Waals surface area contributed by atoms with Gasteiger partial charge in [-0.2, -0.15) is 9.55 Å². The van der Waals surface area contributed by atoms with Crippen LogP contribution in [0, 0.1) is 10.1 Å². The molecule has 20 heavy (non-hydrogen) atoms. The van der Waals surface area contributed by atoms with E-state index in [1.54, 1.807) is 0 Å². The van der Waals surface area contributed by atoms with Gasteiger partial charge in [0.1, 0.15) is 6.20 Å². The van der Waals surface area contributed by atoms with E-state index in [2.05, 4.69) is 4.98 Å². The number of hydrogen-bond acceptors (Lipinski definition) is 6. The minimum atomic E-state index is -3.64. The van der Waals surface area contributed by atoms with Gasteiger partial charge in [-0.05, 0) is 11.8 Å². The summed E-state index contributed by atoms with van der Waals surface area (Å²) in [5, 5.41) is 10.7. The molecule has 1 aromatic rings. The fraction of sp³-hybridized carbons (Fsp3) is 0.556. The second kappa shape index (κ2) is 4.74. The van der Waals surface area contributed by atoms with Crippen molar-refractivity contribution in [1.82, 2.24) is 13.9 Å². The molecule has 0 aliphatic carbocycles. The number of anilines is 1. The van der Waals surface area contributed by atoms with E-state index in [0.717, 1.165) is 20.0 Å². The second-order valence-corrected chi connectivity index (χ2v) is 6.32. The Morgan fingerprint density at radius 3 is 2.60 bits per heavy atom. The van der Waals surface area contributed by atoms with Gasteiger partial charge in [0.15, 0.2) is 0 Å². The van der Waals surface area contributed by atoms with Gasteiger partial charge < -0.3 is 10.1 Å². The van der Waals surface area contributed by atoms with E-state index in [1.165, 1.54) is 14.0 Å². The molecule has 110 valence electrons. The fourth-order valence-corrected chi connectivity index (χ4v) is 2.94. The van der Waals surface area contributed by atoms with Crippen LogP contribution in [0.1, 0.15) is 6.92 Å². The largest absolute Gasteiger partial charge is 0.358 e. The Kier molecular flexibility index (Phi) is 3.38. The molecule has 2 heterocycles. The molecule has 1 aliphatic heterocycles. The van der Waals surface area contributed by atoms with E-state index in [-0.39, 0.29) is 30.6 Å². The highest BCUT2D eigenvalue weighted by Crippen LogP contribution is 2.24. The quantitative estimate of drug-likeness (QED) is 0.567. The summed E-state index contributed by atoms with van der Waals surface area (Å²) in [6.07, 6.45) is 1.03. The number of rotatable bonds is 4. The Bertz CT molecular complexity index is 666. The molecule has 0 saturated carbocycles. The van der Waals surface area contributed by atoms with Gasteiger partial charge in [-0.15, -0.1) is 0 Å². The number of imidazole rings is 1. The van der Waals surface area contributed by atoms with Gasteiger partial charge >= 0.3 is 17.8 Å². The van der Waals surface area contributed by atoms with Crippen LogP contribution >= 0.6 is 0 Å². The van der Waals surface area contributed by atoms with Crippen LogP contribution in [0.2, 0.25) is 0 Å². The molecule has 0 spiro atoms. The first-order chi connectivity index (χ1) is 9.29. The van der Waals surface area contributed by atoms with Crippen molar-refractivity contribution in [3.8, 4) is 0 Å². The van der Waals surface area contributed by atoms with Crippen LogP contribution in [0.5, 0.6) is 0 Å². The standard InChI is InChI=1S/C9H13N5O5S/c1-3-20(18,19)13-5-4-12(9(13)15)8-10-6-7(11(8)2)14(16)17/h6H,3-5H2,1-2H3. The molecule has 1 aromatic heterocycles. The van der Waals surface area contributed by atoms with Crippen LogP contribution in [0.4, 0.5) is 16.6 Å². The smallest absolute Gasteiger partial charge is 0.344 e. The van der Waals surface area contributed by atoms with Gasteiger partial charge in [0.05, 0.1) is 25.9 Å². The molecular weight excluding hydrogens is 290 g/mol. The van der Waals surface area contributed by atoms with Gasteiger partial charge in [0.25, 0.3) is 0 Å². The van der Waals surface area contributed by atoms with Gasteiger partial charge in [0, 0.05) is 0 Å². The number of amides is 2. The topological polar surface area (TPSA) is 119 Å². The summed E-state index contributed by atoms with van der Waals surface area (Å²) in [4.78, 5) is 27.1. The lowest BCUT2D eigenvalue weighted by Gasteiger charge is -2.15. The molecule has 10 nitrogen and oxygen atoms in total. The normalized spacial score (nSPS) is 16.0. The van der Waals surface area contributed by atoms with Gasteiger partial charge in [-0.25, -0.2) is 22.4 Å². The first kappa shape index (κ1) is 14.2. The lowest BCUT2D eigenvalue weighted by atomic mass is 10.6. The zero-order valence-electron chi connectivity index (χ0n) is 10.9. The number of urea groups is 1. The highest BCUT2D eigenvalue weighted by Gasteiger charge is 2.40. The SMILES string of the molecule is CCS(=O)(=O)N1CCN(c2ncc([N+](=O)[O-])n2C)C1=O. The number of carbonyl (C=O) groups excluding carboxylic acids is 1. The van der Waals surface area contributed by atoms with Crippen molar-refractivity contribution in [2.75, 3.05) is 23.7 Å². The van der Waals surface area contributed by atoms with E-state index < -0.39 is 21.0 Å². The maximum absolute atomic E-state index is 12.1.